The number of benzene rings is 3. The first kappa shape index (κ1) is 22.9. The molecule has 1 aliphatic rings. The van der Waals surface area contributed by atoms with E-state index in [9.17, 15) is 4.79 Å². The molecular formula is C26H17Cl2N3OS2. The van der Waals surface area contributed by atoms with Crippen molar-refractivity contribution in [2.75, 3.05) is 0 Å². The van der Waals surface area contributed by atoms with E-state index in [4.69, 9.17) is 40.5 Å². The van der Waals surface area contributed by atoms with Crippen LogP contribution in [0.2, 0.25) is 10.0 Å². The summed E-state index contributed by atoms with van der Waals surface area (Å²) in [5, 5.41) is 6.03. The number of halogens is 2. The summed E-state index contributed by atoms with van der Waals surface area (Å²) in [6, 6.07) is 24.8. The number of rotatable bonds is 5. The summed E-state index contributed by atoms with van der Waals surface area (Å²) in [5.74, 6) is 0. The molecule has 0 aliphatic carbocycles. The van der Waals surface area contributed by atoms with Gasteiger partial charge in [-0.15, -0.1) is 0 Å². The second-order valence-corrected chi connectivity index (χ2v) is 9.87. The maximum Gasteiger partial charge on any atom is 0.291 e. The largest absolute Gasteiger partial charge is 0.291 e. The van der Waals surface area contributed by atoms with Crippen molar-refractivity contribution in [2.45, 2.75) is 6.54 Å². The number of hydrogen-bond acceptors (Lipinski definition) is 4. The van der Waals surface area contributed by atoms with Crippen LogP contribution in [-0.2, 0) is 6.54 Å². The van der Waals surface area contributed by atoms with Gasteiger partial charge in [0.2, 0.25) is 0 Å². The molecule has 0 unspecified atom stereocenters. The average Bonchev–Trinajstić information content (AvgIpc) is 3.38. The summed E-state index contributed by atoms with van der Waals surface area (Å²) in [6.45, 7) is 0.395. The van der Waals surface area contributed by atoms with Crippen LogP contribution in [0.5, 0.6) is 0 Å². The van der Waals surface area contributed by atoms with E-state index in [0.717, 1.165) is 44.7 Å². The maximum absolute atomic E-state index is 12.8. The zero-order valence-electron chi connectivity index (χ0n) is 17.7. The second kappa shape index (κ2) is 9.76. The van der Waals surface area contributed by atoms with E-state index in [-0.39, 0.29) is 5.24 Å². The van der Waals surface area contributed by atoms with Crippen molar-refractivity contribution in [3.63, 3.8) is 0 Å². The molecule has 1 aromatic heterocycles. The number of para-hydroxylation sites is 1. The molecule has 34 heavy (non-hydrogen) atoms. The van der Waals surface area contributed by atoms with Crippen molar-refractivity contribution >= 4 is 63.5 Å². The first-order valence-electron chi connectivity index (χ1n) is 10.4. The molecular weight excluding hydrogens is 505 g/mol. The molecule has 0 radical (unpaired) electrons. The molecule has 4 aromatic rings. The van der Waals surface area contributed by atoms with Gasteiger partial charge in [-0.25, -0.2) is 4.68 Å². The molecule has 168 valence electrons. The molecule has 2 heterocycles. The molecule has 1 amide bonds. The molecule has 0 bridgehead atoms. The topological polar surface area (TPSA) is 38.1 Å². The minimum Gasteiger partial charge on any atom is -0.288 e. The monoisotopic (exact) mass is 521 g/mol. The molecule has 1 aliphatic heterocycles. The minimum absolute atomic E-state index is 0.102. The van der Waals surface area contributed by atoms with E-state index in [0.29, 0.717) is 21.6 Å². The third-order valence-electron chi connectivity index (χ3n) is 5.30. The zero-order chi connectivity index (χ0) is 23.7. The Balaban J connectivity index is 1.51. The molecule has 0 N–H and O–H groups in total. The third kappa shape index (κ3) is 4.81. The number of nitrogens with zero attached hydrogens (tertiary/aromatic N) is 3. The molecule has 1 fully saturated rings. The molecule has 4 nitrogen and oxygen atoms in total. The van der Waals surface area contributed by atoms with Crippen molar-refractivity contribution in [3.05, 3.63) is 111 Å². The highest BCUT2D eigenvalue weighted by molar-refractivity contribution is 8.19. The predicted molar refractivity (Wildman–Crippen MR) is 145 cm³/mol. The van der Waals surface area contributed by atoms with Gasteiger partial charge in [-0.2, -0.15) is 5.10 Å². The molecule has 0 atom stereocenters. The Kier molecular flexibility index (Phi) is 6.57. The van der Waals surface area contributed by atoms with E-state index in [1.165, 1.54) is 0 Å². The van der Waals surface area contributed by atoms with Gasteiger partial charge in [0.25, 0.3) is 5.24 Å². The van der Waals surface area contributed by atoms with Crippen LogP contribution in [0.3, 0.4) is 0 Å². The van der Waals surface area contributed by atoms with Crippen LogP contribution in [0, 0.1) is 0 Å². The highest BCUT2D eigenvalue weighted by Gasteiger charge is 2.32. The quantitative estimate of drug-likeness (QED) is 0.197. The normalized spacial score (nSPS) is 14.9. The standard InChI is InChI=1S/C26H17Cl2N3OS2/c27-20-10-6-17(7-11-20)15-30-25(33)23(34-26(30)32)14-19-16-31(22-4-2-1-3-5-22)29-24(19)18-8-12-21(28)13-9-18/h1-14,16H,15H2/b23-14-. The summed E-state index contributed by atoms with van der Waals surface area (Å²) >= 11 is 18.9. The third-order valence-corrected chi connectivity index (χ3v) is 7.29. The Morgan fingerprint density at radius 2 is 1.56 bits per heavy atom. The van der Waals surface area contributed by atoms with Gasteiger partial charge in [-0.3, -0.25) is 9.69 Å². The number of carbonyl (C=O) groups excluding carboxylic acids is 1. The molecule has 0 spiro atoms. The van der Waals surface area contributed by atoms with Gasteiger partial charge in [0.05, 0.1) is 22.8 Å². The lowest BCUT2D eigenvalue weighted by Crippen LogP contribution is -2.26. The average molecular weight is 522 g/mol. The number of thiocarbonyl (C=S) groups is 1. The van der Waals surface area contributed by atoms with E-state index >= 15 is 0 Å². The minimum atomic E-state index is -0.102. The molecule has 0 saturated carbocycles. The van der Waals surface area contributed by atoms with E-state index < -0.39 is 0 Å². The number of amides is 1. The lowest BCUT2D eigenvalue weighted by molar-refractivity contribution is 0.244. The van der Waals surface area contributed by atoms with Crippen LogP contribution in [-0.4, -0.2) is 24.9 Å². The van der Waals surface area contributed by atoms with Crippen LogP contribution in [0.25, 0.3) is 23.0 Å². The number of aromatic nitrogens is 2. The SMILES string of the molecule is O=C1S/C(=C\c2cn(-c3ccccc3)nc2-c2ccc(Cl)cc2)C(=S)N1Cc1ccc(Cl)cc1. The van der Waals surface area contributed by atoms with Crippen LogP contribution in [0.4, 0.5) is 4.79 Å². The fourth-order valence-corrected chi connectivity index (χ4v) is 5.07. The Morgan fingerprint density at radius 3 is 2.24 bits per heavy atom. The highest BCUT2D eigenvalue weighted by atomic mass is 35.5. The Bertz CT molecular complexity index is 1400. The predicted octanol–water partition coefficient (Wildman–Crippen LogP) is 7.88. The fraction of sp³-hybridized carbons (Fsp3) is 0.0385. The van der Waals surface area contributed by atoms with Crippen LogP contribution in [0.1, 0.15) is 11.1 Å². The molecule has 3 aromatic carbocycles. The van der Waals surface area contributed by atoms with Crippen LogP contribution in [0.15, 0.2) is 90.0 Å². The maximum atomic E-state index is 12.8. The van der Waals surface area contributed by atoms with E-state index in [2.05, 4.69) is 0 Å². The van der Waals surface area contributed by atoms with Gasteiger partial charge in [0.1, 0.15) is 4.99 Å². The van der Waals surface area contributed by atoms with Gasteiger partial charge in [-0.1, -0.05) is 77.9 Å². The van der Waals surface area contributed by atoms with Gasteiger partial charge in [0, 0.05) is 27.4 Å². The van der Waals surface area contributed by atoms with Crippen molar-refractivity contribution in [1.29, 1.82) is 0 Å². The smallest absolute Gasteiger partial charge is 0.288 e. The summed E-state index contributed by atoms with van der Waals surface area (Å²) in [7, 11) is 0. The summed E-state index contributed by atoms with van der Waals surface area (Å²) in [5.41, 5.74) is 4.45. The van der Waals surface area contributed by atoms with Gasteiger partial charge in [0.15, 0.2) is 0 Å². The highest BCUT2D eigenvalue weighted by Crippen LogP contribution is 2.36. The van der Waals surface area contributed by atoms with Gasteiger partial charge >= 0.3 is 0 Å². The first-order chi connectivity index (χ1) is 16.5. The second-order valence-electron chi connectivity index (χ2n) is 7.61. The van der Waals surface area contributed by atoms with Crippen molar-refractivity contribution in [1.82, 2.24) is 14.7 Å². The van der Waals surface area contributed by atoms with Gasteiger partial charge < -0.3 is 0 Å². The van der Waals surface area contributed by atoms with E-state index in [1.807, 2.05) is 83.7 Å². The number of thioether (sulfide) groups is 1. The summed E-state index contributed by atoms with van der Waals surface area (Å²) in [4.78, 5) is 15.6. The number of carbonyl (C=O) groups is 1. The van der Waals surface area contributed by atoms with Crippen LogP contribution >= 0.6 is 47.2 Å². The Hall–Kier alpha value is -2.90. The Labute approximate surface area is 216 Å². The first-order valence-corrected chi connectivity index (χ1v) is 12.4. The Morgan fingerprint density at radius 1 is 0.912 bits per heavy atom. The molecule has 5 rings (SSSR count). The van der Waals surface area contributed by atoms with Crippen molar-refractivity contribution in [3.8, 4) is 16.9 Å². The molecule has 8 heteroatoms. The van der Waals surface area contributed by atoms with Crippen molar-refractivity contribution in [2.24, 2.45) is 0 Å². The summed E-state index contributed by atoms with van der Waals surface area (Å²) < 4.78 is 1.83. The van der Waals surface area contributed by atoms with Crippen molar-refractivity contribution < 1.29 is 4.79 Å². The van der Waals surface area contributed by atoms with E-state index in [1.54, 1.807) is 17.0 Å². The molecule has 1 saturated heterocycles. The summed E-state index contributed by atoms with van der Waals surface area (Å²) in [6.07, 6.45) is 3.88. The lowest BCUT2D eigenvalue weighted by Gasteiger charge is -2.14. The van der Waals surface area contributed by atoms with Gasteiger partial charge in [-0.05, 0) is 59.8 Å². The number of hydrogen-bond donors (Lipinski definition) is 0. The fourth-order valence-electron chi connectivity index (χ4n) is 3.59. The zero-order valence-corrected chi connectivity index (χ0v) is 20.8. The lowest BCUT2D eigenvalue weighted by atomic mass is 10.1. The van der Waals surface area contributed by atoms with Crippen LogP contribution < -0.4 is 0 Å².